The SMILES string of the molecule is CCOc1ccc(C(=O)NCC(=O)NCC(c2ccc(CC)cc2)N(C)C)cc1. The Morgan fingerprint density at radius 1 is 0.966 bits per heavy atom. The number of hydrogen-bond donors (Lipinski definition) is 2. The van der Waals surface area contributed by atoms with Gasteiger partial charge in [0.25, 0.3) is 5.91 Å². The van der Waals surface area contributed by atoms with Crippen molar-refractivity contribution in [3.63, 3.8) is 0 Å². The Bertz CT molecular complexity index is 786. The van der Waals surface area contributed by atoms with Crippen LogP contribution >= 0.6 is 0 Å². The molecule has 0 aliphatic heterocycles. The summed E-state index contributed by atoms with van der Waals surface area (Å²) in [7, 11) is 3.97. The van der Waals surface area contributed by atoms with Crippen molar-refractivity contribution in [2.45, 2.75) is 26.3 Å². The zero-order chi connectivity index (χ0) is 21.2. The molecule has 2 amide bonds. The maximum Gasteiger partial charge on any atom is 0.251 e. The van der Waals surface area contributed by atoms with Gasteiger partial charge in [-0.05, 0) is 62.8 Å². The van der Waals surface area contributed by atoms with Crippen LogP contribution in [-0.2, 0) is 11.2 Å². The second-order valence-corrected chi connectivity index (χ2v) is 7.02. The van der Waals surface area contributed by atoms with Crippen molar-refractivity contribution in [1.82, 2.24) is 15.5 Å². The molecule has 156 valence electrons. The van der Waals surface area contributed by atoms with E-state index in [0.29, 0.717) is 24.5 Å². The summed E-state index contributed by atoms with van der Waals surface area (Å²) in [4.78, 5) is 26.5. The van der Waals surface area contributed by atoms with E-state index in [-0.39, 0.29) is 24.4 Å². The van der Waals surface area contributed by atoms with Gasteiger partial charge in [0, 0.05) is 12.1 Å². The van der Waals surface area contributed by atoms with Crippen LogP contribution in [-0.4, -0.2) is 50.5 Å². The molecule has 6 nitrogen and oxygen atoms in total. The van der Waals surface area contributed by atoms with Gasteiger partial charge in [-0.25, -0.2) is 0 Å². The van der Waals surface area contributed by atoms with E-state index in [0.717, 1.165) is 12.0 Å². The number of carbonyl (C=O) groups excluding carboxylic acids is 2. The van der Waals surface area contributed by atoms with Crippen LogP contribution in [0, 0.1) is 0 Å². The summed E-state index contributed by atoms with van der Waals surface area (Å²) >= 11 is 0. The molecule has 29 heavy (non-hydrogen) atoms. The molecule has 2 N–H and O–H groups in total. The molecule has 0 radical (unpaired) electrons. The molecule has 2 aromatic rings. The van der Waals surface area contributed by atoms with Gasteiger partial charge in [0.1, 0.15) is 5.75 Å². The molecule has 0 spiro atoms. The van der Waals surface area contributed by atoms with Gasteiger partial charge in [-0.2, -0.15) is 0 Å². The first-order valence-electron chi connectivity index (χ1n) is 9.97. The van der Waals surface area contributed by atoms with Crippen molar-refractivity contribution >= 4 is 11.8 Å². The molecule has 0 aromatic heterocycles. The maximum absolute atomic E-state index is 12.2. The zero-order valence-electron chi connectivity index (χ0n) is 17.7. The topological polar surface area (TPSA) is 70.7 Å². The van der Waals surface area contributed by atoms with Gasteiger partial charge in [-0.3, -0.25) is 9.59 Å². The fourth-order valence-corrected chi connectivity index (χ4v) is 2.98. The monoisotopic (exact) mass is 397 g/mol. The van der Waals surface area contributed by atoms with Crippen LogP contribution < -0.4 is 15.4 Å². The van der Waals surface area contributed by atoms with Gasteiger partial charge in [-0.15, -0.1) is 0 Å². The van der Waals surface area contributed by atoms with Crippen LogP contribution in [0.4, 0.5) is 0 Å². The maximum atomic E-state index is 12.2. The van der Waals surface area contributed by atoms with E-state index < -0.39 is 0 Å². The molecule has 0 saturated heterocycles. The summed E-state index contributed by atoms with van der Waals surface area (Å²) in [6, 6.07) is 15.3. The summed E-state index contributed by atoms with van der Waals surface area (Å²) in [6.45, 7) is 5.00. The summed E-state index contributed by atoms with van der Waals surface area (Å²) in [5.74, 6) is 0.201. The lowest BCUT2D eigenvalue weighted by Gasteiger charge is -2.25. The first-order chi connectivity index (χ1) is 13.9. The third-order valence-electron chi connectivity index (χ3n) is 4.73. The minimum absolute atomic E-state index is 0.0617. The highest BCUT2D eigenvalue weighted by Gasteiger charge is 2.16. The summed E-state index contributed by atoms with van der Waals surface area (Å²) < 4.78 is 5.36. The van der Waals surface area contributed by atoms with Crippen molar-refractivity contribution < 1.29 is 14.3 Å². The normalized spacial score (nSPS) is 11.8. The number of likely N-dealkylation sites (N-methyl/N-ethyl adjacent to an activating group) is 1. The average molecular weight is 398 g/mol. The standard InChI is InChI=1S/C23H31N3O3/c1-5-17-7-9-18(10-8-17)21(26(3)4)15-24-22(27)16-25-23(28)19-11-13-20(14-12-19)29-6-2/h7-14,21H,5-6,15-16H2,1-4H3,(H,24,27)(H,25,28). The number of aryl methyl sites for hydroxylation is 1. The molecule has 2 aromatic carbocycles. The Hall–Kier alpha value is -2.86. The lowest BCUT2D eigenvalue weighted by Crippen LogP contribution is -2.40. The minimum Gasteiger partial charge on any atom is -0.494 e. The van der Waals surface area contributed by atoms with Gasteiger partial charge in [0.05, 0.1) is 19.2 Å². The number of hydrogen-bond acceptors (Lipinski definition) is 4. The van der Waals surface area contributed by atoms with Crippen LogP contribution in [0.2, 0.25) is 0 Å². The quantitative estimate of drug-likeness (QED) is 0.647. The lowest BCUT2D eigenvalue weighted by atomic mass is 10.0. The van der Waals surface area contributed by atoms with Crippen molar-refractivity contribution in [3.05, 3.63) is 65.2 Å². The van der Waals surface area contributed by atoms with Gasteiger partial charge in [0.15, 0.2) is 0 Å². The number of rotatable bonds is 10. The van der Waals surface area contributed by atoms with Gasteiger partial charge in [-0.1, -0.05) is 31.2 Å². The molecular weight excluding hydrogens is 366 g/mol. The summed E-state index contributed by atoms with van der Waals surface area (Å²) in [5, 5.41) is 5.56. The number of nitrogens with zero attached hydrogens (tertiary/aromatic N) is 1. The highest BCUT2D eigenvalue weighted by molar-refractivity contribution is 5.96. The Morgan fingerprint density at radius 2 is 1.62 bits per heavy atom. The van der Waals surface area contributed by atoms with Crippen molar-refractivity contribution in [1.29, 1.82) is 0 Å². The zero-order valence-corrected chi connectivity index (χ0v) is 17.7. The van der Waals surface area contributed by atoms with E-state index >= 15 is 0 Å². The van der Waals surface area contributed by atoms with Gasteiger partial charge < -0.3 is 20.3 Å². The number of ether oxygens (including phenoxy) is 1. The Morgan fingerprint density at radius 3 is 2.17 bits per heavy atom. The highest BCUT2D eigenvalue weighted by atomic mass is 16.5. The van der Waals surface area contributed by atoms with Crippen LogP contribution in [0.1, 0.15) is 41.4 Å². The lowest BCUT2D eigenvalue weighted by molar-refractivity contribution is -0.120. The van der Waals surface area contributed by atoms with E-state index in [2.05, 4.69) is 46.7 Å². The van der Waals surface area contributed by atoms with Crippen LogP contribution in [0.3, 0.4) is 0 Å². The molecule has 0 heterocycles. The first-order valence-corrected chi connectivity index (χ1v) is 9.97. The molecule has 0 aliphatic carbocycles. The van der Waals surface area contributed by atoms with Crippen molar-refractivity contribution in [2.75, 3.05) is 33.8 Å². The Balaban J connectivity index is 1.84. The third-order valence-corrected chi connectivity index (χ3v) is 4.73. The van der Waals surface area contributed by atoms with Crippen molar-refractivity contribution in [2.24, 2.45) is 0 Å². The van der Waals surface area contributed by atoms with Gasteiger partial charge in [0.2, 0.25) is 5.91 Å². The number of carbonyl (C=O) groups is 2. The molecule has 0 fully saturated rings. The highest BCUT2D eigenvalue weighted by Crippen LogP contribution is 2.18. The molecule has 1 unspecified atom stereocenters. The summed E-state index contributed by atoms with van der Waals surface area (Å²) in [6.07, 6.45) is 0.998. The fourth-order valence-electron chi connectivity index (χ4n) is 2.98. The van der Waals surface area contributed by atoms with E-state index in [1.807, 2.05) is 21.0 Å². The number of amides is 2. The second kappa shape index (κ2) is 11.2. The largest absolute Gasteiger partial charge is 0.494 e. The fraction of sp³-hybridized carbons (Fsp3) is 0.391. The minimum atomic E-state index is -0.289. The molecule has 0 saturated carbocycles. The average Bonchev–Trinajstić information content (AvgIpc) is 2.73. The Labute approximate surface area is 173 Å². The van der Waals surface area contributed by atoms with E-state index in [9.17, 15) is 9.59 Å². The molecular formula is C23H31N3O3. The van der Waals surface area contributed by atoms with Gasteiger partial charge >= 0.3 is 0 Å². The second-order valence-electron chi connectivity index (χ2n) is 7.02. The molecule has 6 heteroatoms. The molecule has 2 rings (SSSR count). The van der Waals surface area contributed by atoms with Crippen molar-refractivity contribution in [3.8, 4) is 5.75 Å². The van der Waals surface area contributed by atoms with Crippen LogP contribution in [0.5, 0.6) is 5.75 Å². The summed E-state index contributed by atoms with van der Waals surface area (Å²) in [5.41, 5.74) is 2.92. The Kier molecular flexibility index (Phi) is 8.68. The molecule has 0 bridgehead atoms. The number of benzene rings is 2. The third kappa shape index (κ3) is 6.91. The van der Waals surface area contributed by atoms with E-state index in [1.54, 1.807) is 24.3 Å². The van der Waals surface area contributed by atoms with Crippen LogP contribution in [0.15, 0.2) is 48.5 Å². The predicted octanol–water partition coefficient (Wildman–Crippen LogP) is 2.80. The number of nitrogens with one attached hydrogen (secondary N) is 2. The predicted molar refractivity (Wildman–Crippen MR) is 115 cm³/mol. The van der Waals surface area contributed by atoms with E-state index in [4.69, 9.17) is 4.74 Å². The molecule has 1 atom stereocenters. The first kappa shape index (κ1) is 22.4. The molecule has 0 aliphatic rings. The smallest absolute Gasteiger partial charge is 0.251 e. The van der Waals surface area contributed by atoms with Crippen LogP contribution in [0.25, 0.3) is 0 Å². The van der Waals surface area contributed by atoms with E-state index in [1.165, 1.54) is 5.56 Å².